The third-order valence-electron chi connectivity index (χ3n) is 4.04. The SMILES string of the molecule is Cc1nc(N[C@@H]2CC=CC[C@@H]2C)nc(-n2ccnc2)c1[N+](=O)[O-]. The Labute approximate surface area is 133 Å². The Morgan fingerprint density at radius 2 is 2.13 bits per heavy atom. The van der Waals surface area contributed by atoms with Gasteiger partial charge in [-0.3, -0.25) is 14.7 Å². The van der Waals surface area contributed by atoms with E-state index in [4.69, 9.17) is 0 Å². The summed E-state index contributed by atoms with van der Waals surface area (Å²) in [6, 6.07) is 0.219. The molecule has 3 rings (SSSR count). The van der Waals surface area contributed by atoms with Gasteiger partial charge in [0, 0.05) is 18.4 Å². The van der Waals surface area contributed by atoms with Gasteiger partial charge >= 0.3 is 5.69 Å². The summed E-state index contributed by atoms with van der Waals surface area (Å²) < 4.78 is 1.53. The monoisotopic (exact) mass is 314 g/mol. The van der Waals surface area contributed by atoms with Gasteiger partial charge in [0.25, 0.3) is 0 Å². The summed E-state index contributed by atoms with van der Waals surface area (Å²) in [4.78, 5) is 23.5. The predicted molar refractivity (Wildman–Crippen MR) is 85.5 cm³/mol. The third kappa shape index (κ3) is 3.05. The van der Waals surface area contributed by atoms with Crippen LogP contribution in [0.25, 0.3) is 5.82 Å². The van der Waals surface area contributed by atoms with Crippen LogP contribution in [0.4, 0.5) is 11.6 Å². The highest BCUT2D eigenvalue weighted by molar-refractivity contribution is 5.53. The van der Waals surface area contributed by atoms with Crippen LogP contribution < -0.4 is 5.32 Å². The summed E-state index contributed by atoms with van der Waals surface area (Å²) in [5.74, 6) is 1.08. The maximum atomic E-state index is 11.4. The van der Waals surface area contributed by atoms with Crippen LogP contribution in [0.1, 0.15) is 25.5 Å². The minimum absolute atomic E-state index is 0.106. The molecule has 0 fully saturated rings. The molecule has 2 atom stereocenters. The van der Waals surface area contributed by atoms with Crippen LogP contribution in [0.3, 0.4) is 0 Å². The maximum absolute atomic E-state index is 11.4. The second-order valence-corrected chi connectivity index (χ2v) is 5.70. The molecule has 8 heteroatoms. The number of nitrogens with one attached hydrogen (secondary N) is 1. The van der Waals surface area contributed by atoms with Gasteiger partial charge in [0.05, 0.1) is 4.92 Å². The molecule has 23 heavy (non-hydrogen) atoms. The lowest BCUT2D eigenvalue weighted by molar-refractivity contribution is -0.385. The van der Waals surface area contributed by atoms with Crippen molar-refractivity contribution in [3.05, 3.63) is 46.7 Å². The molecule has 0 spiro atoms. The first kappa shape index (κ1) is 15.1. The fourth-order valence-electron chi connectivity index (χ4n) is 2.71. The van der Waals surface area contributed by atoms with E-state index in [1.165, 1.54) is 10.9 Å². The number of aryl methyl sites for hydroxylation is 1. The summed E-state index contributed by atoms with van der Waals surface area (Å²) in [6.07, 6.45) is 10.9. The molecule has 0 saturated carbocycles. The van der Waals surface area contributed by atoms with Crippen LogP contribution in [-0.4, -0.2) is 30.5 Å². The maximum Gasteiger partial charge on any atom is 0.333 e. The normalized spacial score (nSPS) is 20.4. The zero-order valence-electron chi connectivity index (χ0n) is 13.0. The number of hydrogen-bond acceptors (Lipinski definition) is 6. The van der Waals surface area contributed by atoms with E-state index >= 15 is 0 Å². The Bertz CT molecular complexity index is 741. The summed E-state index contributed by atoms with van der Waals surface area (Å²) in [6.45, 7) is 3.78. The van der Waals surface area contributed by atoms with Crippen LogP contribution in [0, 0.1) is 23.0 Å². The summed E-state index contributed by atoms with van der Waals surface area (Å²) in [5.41, 5.74) is 0.223. The Hall–Kier alpha value is -2.77. The summed E-state index contributed by atoms with van der Waals surface area (Å²) in [5, 5.41) is 14.7. The highest BCUT2D eigenvalue weighted by Gasteiger charge is 2.25. The van der Waals surface area contributed by atoms with Crippen molar-refractivity contribution in [2.24, 2.45) is 5.92 Å². The van der Waals surface area contributed by atoms with Gasteiger partial charge in [0.15, 0.2) is 0 Å². The Morgan fingerprint density at radius 1 is 1.35 bits per heavy atom. The van der Waals surface area contributed by atoms with Gasteiger partial charge in [-0.1, -0.05) is 19.1 Å². The molecule has 0 aromatic carbocycles. The number of allylic oxidation sites excluding steroid dienone is 1. The molecule has 0 aliphatic heterocycles. The molecule has 2 aromatic heterocycles. The van der Waals surface area contributed by atoms with E-state index in [1.54, 1.807) is 19.3 Å². The van der Waals surface area contributed by atoms with Crippen molar-refractivity contribution in [1.82, 2.24) is 19.5 Å². The average Bonchev–Trinajstić information content (AvgIpc) is 3.03. The predicted octanol–water partition coefficient (Wildman–Crippen LogP) is 2.65. The Kier molecular flexibility index (Phi) is 4.05. The van der Waals surface area contributed by atoms with Crippen LogP contribution in [0.15, 0.2) is 30.9 Å². The molecule has 0 bridgehead atoms. The molecule has 1 aliphatic carbocycles. The number of rotatable bonds is 4. The number of hydrogen-bond donors (Lipinski definition) is 1. The molecule has 0 saturated heterocycles. The van der Waals surface area contributed by atoms with E-state index in [-0.39, 0.29) is 17.5 Å². The number of imidazole rings is 1. The minimum atomic E-state index is -0.458. The topological polar surface area (TPSA) is 98.8 Å². The van der Waals surface area contributed by atoms with E-state index in [0.29, 0.717) is 17.6 Å². The summed E-state index contributed by atoms with van der Waals surface area (Å²) in [7, 11) is 0. The standard InChI is InChI=1S/C15H18N6O2/c1-10-5-3-4-6-12(10)18-15-17-11(2)13(21(22)23)14(19-15)20-8-7-16-9-20/h3-4,7-10,12H,5-6H2,1-2H3,(H,17,18,19)/t10-,12+/m0/s1. The molecular weight excluding hydrogens is 296 g/mol. The first-order valence-corrected chi connectivity index (χ1v) is 7.49. The highest BCUT2D eigenvalue weighted by Crippen LogP contribution is 2.27. The fraction of sp³-hybridized carbons (Fsp3) is 0.400. The molecule has 120 valence electrons. The van der Waals surface area contributed by atoms with E-state index in [0.717, 1.165) is 12.8 Å². The van der Waals surface area contributed by atoms with Gasteiger partial charge in [-0.15, -0.1) is 0 Å². The molecule has 1 N–H and O–H groups in total. The molecule has 0 unspecified atom stereocenters. The molecule has 2 heterocycles. The van der Waals surface area contributed by atoms with Crippen molar-refractivity contribution in [2.45, 2.75) is 32.7 Å². The highest BCUT2D eigenvalue weighted by atomic mass is 16.6. The second kappa shape index (κ2) is 6.15. The van der Waals surface area contributed by atoms with Gasteiger partial charge in [0.1, 0.15) is 12.0 Å². The Balaban J connectivity index is 1.99. The van der Waals surface area contributed by atoms with Crippen molar-refractivity contribution in [1.29, 1.82) is 0 Å². The van der Waals surface area contributed by atoms with Crippen molar-refractivity contribution in [3.63, 3.8) is 0 Å². The number of nitro groups is 1. The average molecular weight is 314 g/mol. The molecular formula is C15H18N6O2. The van der Waals surface area contributed by atoms with Crippen LogP contribution >= 0.6 is 0 Å². The van der Waals surface area contributed by atoms with E-state index < -0.39 is 4.92 Å². The quantitative estimate of drug-likeness (QED) is 0.529. The number of nitrogens with zero attached hydrogens (tertiary/aromatic N) is 5. The van der Waals surface area contributed by atoms with Gasteiger partial charge in [-0.05, 0) is 25.7 Å². The summed E-state index contributed by atoms with van der Waals surface area (Å²) >= 11 is 0. The zero-order chi connectivity index (χ0) is 16.4. The van der Waals surface area contributed by atoms with E-state index in [9.17, 15) is 10.1 Å². The number of aromatic nitrogens is 4. The molecule has 2 aromatic rings. The first-order valence-electron chi connectivity index (χ1n) is 7.49. The third-order valence-corrected chi connectivity index (χ3v) is 4.04. The lowest BCUT2D eigenvalue weighted by Crippen LogP contribution is -2.29. The Morgan fingerprint density at radius 3 is 2.78 bits per heavy atom. The molecule has 8 nitrogen and oxygen atoms in total. The van der Waals surface area contributed by atoms with Crippen molar-refractivity contribution < 1.29 is 4.92 Å². The van der Waals surface area contributed by atoms with Gasteiger partial charge in [0.2, 0.25) is 11.8 Å². The van der Waals surface area contributed by atoms with Gasteiger partial charge < -0.3 is 5.32 Å². The smallest absolute Gasteiger partial charge is 0.333 e. The first-order chi connectivity index (χ1) is 11.1. The number of anilines is 1. The van der Waals surface area contributed by atoms with Crippen molar-refractivity contribution in [2.75, 3.05) is 5.32 Å². The van der Waals surface area contributed by atoms with E-state index in [1.807, 2.05) is 0 Å². The largest absolute Gasteiger partial charge is 0.351 e. The lowest BCUT2D eigenvalue weighted by Gasteiger charge is -2.26. The van der Waals surface area contributed by atoms with Crippen molar-refractivity contribution >= 4 is 11.6 Å². The molecule has 0 radical (unpaired) electrons. The lowest BCUT2D eigenvalue weighted by atomic mass is 9.91. The van der Waals surface area contributed by atoms with Crippen LogP contribution in [0.5, 0.6) is 0 Å². The zero-order valence-corrected chi connectivity index (χ0v) is 13.0. The van der Waals surface area contributed by atoms with Crippen LogP contribution in [-0.2, 0) is 0 Å². The fourth-order valence-corrected chi connectivity index (χ4v) is 2.71. The minimum Gasteiger partial charge on any atom is -0.351 e. The van der Waals surface area contributed by atoms with Gasteiger partial charge in [-0.2, -0.15) is 4.98 Å². The van der Waals surface area contributed by atoms with Crippen molar-refractivity contribution in [3.8, 4) is 5.82 Å². The molecule has 0 amide bonds. The molecule has 1 aliphatic rings. The van der Waals surface area contributed by atoms with Gasteiger partial charge in [-0.25, -0.2) is 9.97 Å². The van der Waals surface area contributed by atoms with Crippen LogP contribution in [0.2, 0.25) is 0 Å². The second-order valence-electron chi connectivity index (χ2n) is 5.70. The van der Waals surface area contributed by atoms with E-state index in [2.05, 4.69) is 39.3 Å².